The Morgan fingerprint density at radius 1 is 1.35 bits per heavy atom. The molecule has 1 heterocycles. The summed E-state index contributed by atoms with van der Waals surface area (Å²) in [5, 5.41) is 0.403. The molecular weight excluding hydrogens is 334 g/mol. The number of carbonyl (C=O) groups is 2. The second-order valence-corrected chi connectivity index (χ2v) is 7.13. The summed E-state index contributed by atoms with van der Waals surface area (Å²) in [6, 6.07) is 6.42. The highest BCUT2D eigenvalue weighted by Crippen LogP contribution is 2.35. The maximum Gasteiger partial charge on any atom is 0.329 e. The number of benzene rings is 1. The molecule has 23 heavy (non-hydrogen) atoms. The lowest BCUT2D eigenvalue weighted by atomic mass is 10.1. The number of amides is 1. The average Bonchev–Trinajstić information content (AvgIpc) is 2.98. The Hall–Kier alpha value is -1.20. The van der Waals surface area contributed by atoms with Gasteiger partial charge in [0.05, 0.1) is 23.1 Å². The smallest absolute Gasteiger partial charge is 0.329 e. The van der Waals surface area contributed by atoms with Crippen LogP contribution in [0.3, 0.4) is 0 Å². The molecule has 1 aliphatic heterocycles. The van der Waals surface area contributed by atoms with Crippen LogP contribution in [0.1, 0.15) is 43.0 Å². The predicted molar refractivity (Wildman–Crippen MR) is 93.8 cm³/mol. The number of nitrogens with zero attached hydrogens (tertiary/aromatic N) is 1. The summed E-state index contributed by atoms with van der Waals surface area (Å²) in [5.74, 6) is 0.00743. The van der Waals surface area contributed by atoms with Gasteiger partial charge in [-0.2, -0.15) is 0 Å². The van der Waals surface area contributed by atoms with Crippen LogP contribution in [0.25, 0.3) is 0 Å². The minimum atomic E-state index is -0.541. The van der Waals surface area contributed by atoms with Gasteiger partial charge in [0.1, 0.15) is 6.04 Å². The van der Waals surface area contributed by atoms with Crippen molar-refractivity contribution >= 4 is 35.2 Å². The van der Waals surface area contributed by atoms with Crippen LogP contribution < -0.4 is 0 Å². The lowest BCUT2D eigenvalue weighted by molar-refractivity contribution is -0.145. The van der Waals surface area contributed by atoms with Gasteiger partial charge in [0.25, 0.3) is 5.91 Å². The van der Waals surface area contributed by atoms with Crippen molar-refractivity contribution in [3.05, 3.63) is 34.9 Å². The molecule has 1 aliphatic rings. The van der Waals surface area contributed by atoms with Crippen LogP contribution in [0.2, 0.25) is 5.02 Å². The Kier molecular flexibility index (Phi) is 6.78. The zero-order valence-corrected chi connectivity index (χ0v) is 15.0. The van der Waals surface area contributed by atoms with Crippen LogP contribution in [-0.4, -0.2) is 41.1 Å². The summed E-state index contributed by atoms with van der Waals surface area (Å²) in [5.41, 5.74) is 0.436. The first-order valence-electron chi connectivity index (χ1n) is 7.86. The Morgan fingerprint density at radius 3 is 2.74 bits per heavy atom. The molecule has 0 saturated carbocycles. The second kappa shape index (κ2) is 8.60. The number of thioether (sulfide) groups is 1. The first-order valence-corrected chi connectivity index (χ1v) is 9.29. The third kappa shape index (κ3) is 4.21. The zero-order valence-electron chi connectivity index (χ0n) is 13.5. The number of unbranched alkanes of at least 4 members (excludes halogenated alkanes) is 2. The van der Waals surface area contributed by atoms with E-state index in [0.29, 0.717) is 16.3 Å². The van der Waals surface area contributed by atoms with Gasteiger partial charge in [0.15, 0.2) is 0 Å². The van der Waals surface area contributed by atoms with Crippen LogP contribution in [0, 0.1) is 0 Å². The van der Waals surface area contributed by atoms with Gasteiger partial charge in [-0.15, -0.1) is 11.8 Å². The summed E-state index contributed by atoms with van der Waals surface area (Å²) in [6.07, 6.45) is 4.15. The van der Waals surface area contributed by atoms with Gasteiger partial charge in [-0.25, -0.2) is 4.79 Å². The SMILES string of the molecule is CCCCCC1SCC(C(=O)OC)N1C(=O)c1ccccc1Cl. The van der Waals surface area contributed by atoms with Gasteiger partial charge < -0.3 is 9.64 Å². The van der Waals surface area contributed by atoms with Crippen molar-refractivity contribution in [2.75, 3.05) is 12.9 Å². The molecule has 0 aliphatic carbocycles. The first-order chi connectivity index (χ1) is 11.1. The number of rotatable bonds is 6. The maximum atomic E-state index is 13.0. The van der Waals surface area contributed by atoms with E-state index in [1.165, 1.54) is 7.11 Å². The van der Waals surface area contributed by atoms with E-state index in [4.69, 9.17) is 16.3 Å². The molecule has 0 spiro atoms. The molecular formula is C17H22ClNO3S. The van der Waals surface area contributed by atoms with Crippen molar-refractivity contribution < 1.29 is 14.3 Å². The fourth-order valence-corrected chi connectivity index (χ4v) is 4.37. The number of halogens is 1. The average molecular weight is 356 g/mol. The van der Waals surface area contributed by atoms with Crippen LogP contribution in [0.15, 0.2) is 24.3 Å². The maximum absolute atomic E-state index is 13.0. The number of hydrogen-bond acceptors (Lipinski definition) is 4. The van der Waals surface area contributed by atoms with E-state index in [2.05, 4.69) is 6.92 Å². The highest BCUT2D eigenvalue weighted by atomic mass is 35.5. The molecule has 126 valence electrons. The molecule has 2 atom stereocenters. The molecule has 1 fully saturated rings. The largest absolute Gasteiger partial charge is 0.467 e. The fourth-order valence-electron chi connectivity index (χ4n) is 2.72. The Balaban J connectivity index is 2.24. The third-order valence-electron chi connectivity index (χ3n) is 3.96. The van der Waals surface area contributed by atoms with E-state index in [-0.39, 0.29) is 17.3 Å². The van der Waals surface area contributed by atoms with Gasteiger partial charge in [-0.3, -0.25) is 4.79 Å². The lowest BCUT2D eigenvalue weighted by Gasteiger charge is -2.28. The van der Waals surface area contributed by atoms with Crippen molar-refractivity contribution in [1.82, 2.24) is 4.90 Å². The lowest BCUT2D eigenvalue weighted by Crippen LogP contribution is -2.46. The number of carbonyl (C=O) groups excluding carboxylic acids is 2. The molecule has 2 unspecified atom stereocenters. The Morgan fingerprint density at radius 2 is 2.09 bits per heavy atom. The van der Waals surface area contributed by atoms with Crippen LogP contribution in [0.4, 0.5) is 0 Å². The standard InChI is InChI=1S/C17H22ClNO3S/c1-3-4-5-10-15-19(14(11-23-15)17(21)22-2)16(20)12-8-6-7-9-13(12)18/h6-9,14-15H,3-5,10-11H2,1-2H3. The van der Waals surface area contributed by atoms with E-state index in [1.54, 1.807) is 40.9 Å². The van der Waals surface area contributed by atoms with E-state index in [9.17, 15) is 9.59 Å². The van der Waals surface area contributed by atoms with Gasteiger partial charge >= 0.3 is 5.97 Å². The van der Waals surface area contributed by atoms with Crippen molar-refractivity contribution in [3.63, 3.8) is 0 Å². The first kappa shape index (κ1) is 18.1. The fraction of sp³-hybridized carbons (Fsp3) is 0.529. The number of hydrogen-bond donors (Lipinski definition) is 0. The monoisotopic (exact) mass is 355 g/mol. The Labute approximate surface area is 146 Å². The quantitative estimate of drug-likeness (QED) is 0.572. The Bertz CT molecular complexity index is 567. The van der Waals surface area contributed by atoms with Gasteiger partial charge in [-0.1, -0.05) is 49.9 Å². The number of esters is 1. The highest BCUT2D eigenvalue weighted by molar-refractivity contribution is 8.00. The van der Waals surface area contributed by atoms with E-state index < -0.39 is 6.04 Å². The number of ether oxygens (including phenoxy) is 1. The van der Waals surface area contributed by atoms with E-state index in [0.717, 1.165) is 25.7 Å². The molecule has 6 heteroatoms. The molecule has 1 aromatic carbocycles. The van der Waals surface area contributed by atoms with Crippen molar-refractivity contribution in [2.45, 2.75) is 44.0 Å². The molecule has 0 aromatic heterocycles. The molecule has 1 aromatic rings. The summed E-state index contributed by atoms with van der Waals surface area (Å²) < 4.78 is 4.88. The molecule has 4 nitrogen and oxygen atoms in total. The van der Waals surface area contributed by atoms with Crippen molar-refractivity contribution in [3.8, 4) is 0 Å². The zero-order chi connectivity index (χ0) is 16.8. The van der Waals surface area contributed by atoms with E-state index >= 15 is 0 Å². The van der Waals surface area contributed by atoms with Gasteiger partial charge in [-0.05, 0) is 18.6 Å². The second-order valence-electron chi connectivity index (χ2n) is 5.51. The van der Waals surface area contributed by atoms with Crippen molar-refractivity contribution in [2.24, 2.45) is 0 Å². The molecule has 2 rings (SSSR count). The molecule has 1 amide bonds. The van der Waals surface area contributed by atoms with Crippen LogP contribution >= 0.6 is 23.4 Å². The van der Waals surface area contributed by atoms with E-state index in [1.807, 2.05) is 0 Å². The predicted octanol–water partition coefficient (Wildman–Crippen LogP) is 3.98. The summed E-state index contributed by atoms with van der Waals surface area (Å²) in [7, 11) is 1.36. The molecule has 0 bridgehead atoms. The number of methoxy groups -OCH3 is 1. The van der Waals surface area contributed by atoms with Gasteiger partial charge in [0, 0.05) is 5.75 Å². The van der Waals surface area contributed by atoms with Gasteiger partial charge in [0.2, 0.25) is 0 Å². The molecule has 0 radical (unpaired) electrons. The molecule has 1 saturated heterocycles. The summed E-state index contributed by atoms with van der Waals surface area (Å²) in [4.78, 5) is 26.7. The minimum absolute atomic E-state index is 0.00516. The summed E-state index contributed by atoms with van der Waals surface area (Å²) >= 11 is 7.81. The minimum Gasteiger partial charge on any atom is -0.467 e. The summed E-state index contributed by atoms with van der Waals surface area (Å²) in [6.45, 7) is 2.14. The van der Waals surface area contributed by atoms with Crippen molar-refractivity contribution in [1.29, 1.82) is 0 Å². The third-order valence-corrected chi connectivity index (χ3v) is 5.64. The van der Waals surface area contributed by atoms with Crippen LogP contribution in [0.5, 0.6) is 0 Å². The van der Waals surface area contributed by atoms with Crippen LogP contribution in [-0.2, 0) is 9.53 Å². The highest BCUT2D eigenvalue weighted by Gasteiger charge is 2.42. The molecule has 0 N–H and O–H groups in total. The topological polar surface area (TPSA) is 46.6 Å². The normalized spacial score (nSPS) is 20.6.